The van der Waals surface area contributed by atoms with Crippen LogP contribution in [0.25, 0.3) is 0 Å². The zero-order valence-electron chi connectivity index (χ0n) is 14.6. The average Bonchev–Trinajstić information content (AvgIpc) is 2.54. The van der Waals surface area contributed by atoms with Gasteiger partial charge < -0.3 is 19.7 Å². The minimum Gasteiger partial charge on any atom is -0.462 e. The van der Waals surface area contributed by atoms with E-state index < -0.39 is 0 Å². The Kier molecular flexibility index (Phi) is 6.61. The van der Waals surface area contributed by atoms with E-state index in [1.807, 2.05) is 20.8 Å². The van der Waals surface area contributed by atoms with Crippen LogP contribution < -0.4 is 5.32 Å². The van der Waals surface area contributed by atoms with E-state index in [0.717, 1.165) is 12.8 Å². The summed E-state index contributed by atoms with van der Waals surface area (Å²) in [7, 11) is 0. The van der Waals surface area contributed by atoms with Crippen LogP contribution in [0.5, 0.6) is 0 Å². The Bertz CT molecular complexity index is 549. The topological polar surface area (TPSA) is 67.9 Å². The molecule has 2 amide bonds. The lowest BCUT2D eigenvalue weighted by molar-refractivity contribution is -0.0530. The molecule has 6 heteroatoms. The van der Waals surface area contributed by atoms with E-state index in [9.17, 15) is 9.59 Å². The van der Waals surface area contributed by atoms with E-state index in [2.05, 4.69) is 5.32 Å². The fourth-order valence-corrected chi connectivity index (χ4v) is 2.63. The standard InChI is InChI=1S/C18H26N2O4/c1-4-5-10-23-17(21)15-6-8-16(9-7-15)19-18(22)20-11-13(2)24-14(3)12-20/h6-9,13-14H,4-5,10-12H2,1-3H3,(H,19,22). The molecule has 132 valence electrons. The third-order valence-corrected chi connectivity index (χ3v) is 3.81. The average molecular weight is 334 g/mol. The predicted molar refractivity (Wildman–Crippen MR) is 92.2 cm³/mol. The Labute approximate surface area is 143 Å². The fraction of sp³-hybridized carbons (Fsp3) is 0.556. The Hall–Kier alpha value is -2.08. The predicted octanol–water partition coefficient (Wildman–Crippen LogP) is 3.28. The molecule has 1 fully saturated rings. The molecule has 1 aromatic rings. The van der Waals surface area contributed by atoms with Crippen LogP contribution in [-0.2, 0) is 9.47 Å². The second kappa shape index (κ2) is 8.68. The highest BCUT2D eigenvalue weighted by Gasteiger charge is 2.25. The van der Waals surface area contributed by atoms with Crippen molar-refractivity contribution < 1.29 is 19.1 Å². The number of nitrogens with zero attached hydrogens (tertiary/aromatic N) is 1. The number of amides is 2. The monoisotopic (exact) mass is 334 g/mol. The quantitative estimate of drug-likeness (QED) is 0.663. The molecular formula is C18H26N2O4. The molecule has 1 aliphatic heterocycles. The van der Waals surface area contributed by atoms with Gasteiger partial charge >= 0.3 is 12.0 Å². The molecule has 1 aliphatic rings. The molecule has 0 saturated carbocycles. The van der Waals surface area contributed by atoms with Crippen LogP contribution in [0.1, 0.15) is 44.0 Å². The summed E-state index contributed by atoms with van der Waals surface area (Å²) in [5.41, 5.74) is 1.13. The normalized spacial score (nSPS) is 20.5. The summed E-state index contributed by atoms with van der Waals surface area (Å²) in [6.07, 6.45) is 1.90. The van der Waals surface area contributed by atoms with Gasteiger partial charge in [-0.05, 0) is 44.5 Å². The van der Waals surface area contributed by atoms with Crippen molar-refractivity contribution in [1.29, 1.82) is 0 Å². The molecule has 2 unspecified atom stereocenters. The second-order valence-corrected chi connectivity index (χ2v) is 6.16. The van der Waals surface area contributed by atoms with Crippen molar-refractivity contribution in [2.24, 2.45) is 0 Å². The first-order chi connectivity index (χ1) is 11.5. The van der Waals surface area contributed by atoms with Crippen molar-refractivity contribution in [3.63, 3.8) is 0 Å². The molecule has 0 bridgehead atoms. The van der Waals surface area contributed by atoms with Crippen molar-refractivity contribution in [3.05, 3.63) is 29.8 Å². The lowest BCUT2D eigenvalue weighted by Gasteiger charge is -2.35. The minimum atomic E-state index is -0.336. The maximum atomic E-state index is 12.3. The van der Waals surface area contributed by atoms with Crippen LogP contribution in [-0.4, -0.2) is 48.8 Å². The Balaban J connectivity index is 1.89. The van der Waals surface area contributed by atoms with Gasteiger partial charge in [-0.3, -0.25) is 0 Å². The first kappa shape index (κ1) is 18.3. The number of hydrogen-bond donors (Lipinski definition) is 1. The summed E-state index contributed by atoms with van der Waals surface area (Å²) in [6.45, 7) is 7.52. The Morgan fingerprint density at radius 1 is 1.21 bits per heavy atom. The van der Waals surface area contributed by atoms with Gasteiger partial charge in [-0.25, -0.2) is 9.59 Å². The number of esters is 1. The smallest absolute Gasteiger partial charge is 0.338 e. The number of anilines is 1. The van der Waals surface area contributed by atoms with Gasteiger partial charge in [0, 0.05) is 18.8 Å². The van der Waals surface area contributed by atoms with Crippen LogP contribution >= 0.6 is 0 Å². The van der Waals surface area contributed by atoms with E-state index in [4.69, 9.17) is 9.47 Å². The number of morpholine rings is 1. The number of benzene rings is 1. The zero-order valence-corrected chi connectivity index (χ0v) is 14.6. The van der Waals surface area contributed by atoms with Gasteiger partial charge in [0.15, 0.2) is 0 Å². The van der Waals surface area contributed by atoms with Crippen molar-refractivity contribution in [2.75, 3.05) is 25.0 Å². The highest BCUT2D eigenvalue weighted by Crippen LogP contribution is 2.15. The third-order valence-electron chi connectivity index (χ3n) is 3.81. The van der Waals surface area contributed by atoms with E-state index in [1.54, 1.807) is 29.2 Å². The second-order valence-electron chi connectivity index (χ2n) is 6.16. The molecule has 1 heterocycles. The molecule has 6 nitrogen and oxygen atoms in total. The fourth-order valence-electron chi connectivity index (χ4n) is 2.63. The minimum absolute atomic E-state index is 0.0276. The van der Waals surface area contributed by atoms with E-state index >= 15 is 0 Å². The van der Waals surface area contributed by atoms with Gasteiger partial charge in [-0.2, -0.15) is 0 Å². The van der Waals surface area contributed by atoms with Crippen molar-refractivity contribution in [1.82, 2.24) is 4.90 Å². The molecule has 2 rings (SSSR count). The number of rotatable bonds is 5. The lowest BCUT2D eigenvalue weighted by atomic mass is 10.2. The molecule has 24 heavy (non-hydrogen) atoms. The number of carbonyl (C=O) groups excluding carboxylic acids is 2. The summed E-state index contributed by atoms with van der Waals surface area (Å²) in [6, 6.07) is 6.59. The maximum absolute atomic E-state index is 12.3. The molecule has 1 N–H and O–H groups in total. The van der Waals surface area contributed by atoms with Gasteiger partial charge in [0.05, 0.1) is 24.4 Å². The Morgan fingerprint density at radius 3 is 2.42 bits per heavy atom. The van der Waals surface area contributed by atoms with Crippen LogP contribution in [0, 0.1) is 0 Å². The Morgan fingerprint density at radius 2 is 1.83 bits per heavy atom. The highest BCUT2D eigenvalue weighted by molar-refractivity contribution is 5.92. The largest absolute Gasteiger partial charge is 0.462 e. The van der Waals surface area contributed by atoms with Crippen molar-refractivity contribution in [2.45, 2.75) is 45.8 Å². The van der Waals surface area contributed by atoms with Gasteiger partial charge in [0.25, 0.3) is 0 Å². The number of unbranched alkanes of at least 4 members (excludes halogenated alkanes) is 1. The molecule has 0 radical (unpaired) electrons. The zero-order chi connectivity index (χ0) is 17.5. The van der Waals surface area contributed by atoms with E-state index in [-0.39, 0.29) is 24.2 Å². The van der Waals surface area contributed by atoms with Gasteiger partial charge in [-0.15, -0.1) is 0 Å². The summed E-state index contributed by atoms with van der Waals surface area (Å²) in [4.78, 5) is 25.9. The number of carbonyl (C=O) groups is 2. The highest BCUT2D eigenvalue weighted by atomic mass is 16.5. The third kappa shape index (κ3) is 5.23. The van der Waals surface area contributed by atoms with Crippen LogP contribution in [0.3, 0.4) is 0 Å². The summed E-state index contributed by atoms with van der Waals surface area (Å²) in [5, 5.41) is 2.85. The van der Waals surface area contributed by atoms with Crippen LogP contribution in [0.15, 0.2) is 24.3 Å². The molecule has 0 aliphatic carbocycles. The van der Waals surface area contributed by atoms with Gasteiger partial charge in [-0.1, -0.05) is 13.3 Å². The van der Waals surface area contributed by atoms with Crippen molar-refractivity contribution in [3.8, 4) is 0 Å². The van der Waals surface area contributed by atoms with Gasteiger partial charge in [0.2, 0.25) is 0 Å². The summed E-state index contributed by atoms with van der Waals surface area (Å²) >= 11 is 0. The molecule has 2 atom stereocenters. The van der Waals surface area contributed by atoms with Crippen molar-refractivity contribution >= 4 is 17.7 Å². The maximum Gasteiger partial charge on any atom is 0.338 e. The number of nitrogens with one attached hydrogen (secondary N) is 1. The van der Waals surface area contributed by atoms with Crippen LogP contribution in [0.2, 0.25) is 0 Å². The molecule has 1 saturated heterocycles. The van der Waals surface area contributed by atoms with Gasteiger partial charge in [0.1, 0.15) is 0 Å². The van der Waals surface area contributed by atoms with Crippen LogP contribution in [0.4, 0.5) is 10.5 Å². The number of urea groups is 1. The lowest BCUT2D eigenvalue weighted by Crippen LogP contribution is -2.49. The summed E-state index contributed by atoms with van der Waals surface area (Å²) in [5.74, 6) is -0.336. The molecular weight excluding hydrogens is 308 g/mol. The SMILES string of the molecule is CCCCOC(=O)c1ccc(NC(=O)N2CC(C)OC(C)C2)cc1. The first-order valence-electron chi connectivity index (χ1n) is 8.48. The van der Waals surface area contributed by atoms with E-state index in [0.29, 0.717) is 30.9 Å². The van der Waals surface area contributed by atoms with E-state index in [1.165, 1.54) is 0 Å². The summed E-state index contributed by atoms with van der Waals surface area (Å²) < 4.78 is 10.8. The molecule has 1 aromatic carbocycles. The molecule has 0 aromatic heterocycles. The first-order valence-corrected chi connectivity index (χ1v) is 8.48. The number of ether oxygens (including phenoxy) is 2. The molecule has 0 spiro atoms. The number of hydrogen-bond acceptors (Lipinski definition) is 4.